The zero-order valence-corrected chi connectivity index (χ0v) is 10.6. The summed E-state index contributed by atoms with van der Waals surface area (Å²) in [5, 5.41) is 0. The summed E-state index contributed by atoms with van der Waals surface area (Å²) in [7, 11) is 0. The van der Waals surface area contributed by atoms with Crippen LogP contribution in [0.25, 0.3) is 0 Å². The first kappa shape index (κ1) is 12.9. The summed E-state index contributed by atoms with van der Waals surface area (Å²) in [6, 6.07) is 9.10. The third kappa shape index (κ3) is 2.33. The fourth-order valence-corrected chi connectivity index (χ4v) is 2.10. The summed E-state index contributed by atoms with van der Waals surface area (Å²) in [6.07, 6.45) is 0.889. The predicted molar refractivity (Wildman–Crippen MR) is 68.7 cm³/mol. The molecule has 0 atom stereocenters. The Morgan fingerprint density at radius 2 is 1.80 bits per heavy atom. The van der Waals surface area contributed by atoms with Gasteiger partial charge in [-0.2, -0.15) is 0 Å². The van der Waals surface area contributed by atoms with Gasteiger partial charge in [0.1, 0.15) is 11.5 Å². The summed E-state index contributed by atoms with van der Waals surface area (Å²) in [5.74, 6) is -0.981. The van der Waals surface area contributed by atoms with Crippen LogP contribution in [-0.2, 0) is 9.47 Å². The molecule has 0 N–H and O–H groups in total. The summed E-state index contributed by atoms with van der Waals surface area (Å²) in [6.45, 7) is 0.906. The van der Waals surface area contributed by atoms with Crippen LogP contribution < -0.4 is 0 Å². The Bertz CT molecular complexity index is 639. The van der Waals surface area contributed by atoms with Crippen molar-refractivity contribution in [1.82, 2.24) is 4.98 Å². The molecule has 1 saturated heterocycles. The fraction of sp³-hybridized carbons (Fsp3) is 0.200. The lowest BCUT2D eigenvalue weighted by Gasteiger charge is -2.12. The minimum Gasteiger partial charge on any atom is -0.345 e. The van der Waals surface area contributed by atoms with Crippen LogP contribution in [0, 0.1) is 5.82 Å². The second kappa shape index (κ2) is 5.48. The van der Waals surface area contributed by atoms with E-state index in [0.29, 0.717) is 24.5 Å². The number of carbonyl (C=O) groups excluding carboxylic acids is 1. The number of benzene rings is 1. The van der Waals surface area contributed by atoms with Gasteiger partial charge in [-0.15, -0.1) is 0 Å². The SMILES string of the molecule is O=C(c1ccccc1F)c1cccnc1C1OCCO1. The van der Waals surface area contributed by atoms with Crippen molar-refractivity contribution in [1.29, 1.82) is 0 Å². The molecule has 1 aromatic carbocycles. The van der Waals surface area contributed by atoms with Gasteiger partial charge in [0.2, 0.25) is 6.29 Å². The fourth-order valence-electron chi connectivity index (χ4n) is 2.10. The number of aromatic nitrogens is 1. The summed E-state index contributed by atoms with van der Waals surface area (Å²) in [5.41, 5.74) is 0.697. The number of nitrogens with zero attached hydrogens (tertiary/aromatic N) is 1. The number of carbonyl (C=O) groups is 1. The zero-order valence-electron chi connectivity index (χ0n) is 10.6. The number of ketones is 1. The highest BCUT2D eigenvalue weighted by molar-refractivity contribution is 6.09. The van der Waals surface area contributed by atoms with E-state index >= 15 is 0 Å². The maximum Gasteiger partial charge on any atom is 0.201 e. The molecule has 0 amide bonds. The maximum atomic E-state index is 13.7. The third-order valence-electron chi connectivity index (χ3n) is 3.05. The Morgan fingerprint density at radius 3 is 2.55 bits per heavy atom. The molecule has 1 aliphatic heterocycles. The molecule has 2 heterocycles. The molecule has 3 rings (SSSR count). The monoisotopic (exact) mass is 273 g/mol. The largest absolute Gasteiger partial charge is 0.345 e. The maximum absolute atomic E-state index is 13.7. The first-order valence-corrected chi connectivity index (χ1v) is 6.25. The van der Waals surface area contributed by atoms with Crippen molar-refractivity contribution in [2.24, 2.45) is 0 Å². The van der Waals surface area contributed by atoms with Gasteiger partial charge < -0.3 is 9.47 Å². The standard InChI is InChI=1S/C15H12FNO3/c16-12-6-2-1-4-10(12)14(18)11-5-3-7-17-13(11)15-19-8-9-20-15/h1-7,15H,8-9H2. The molecule has 5 heteroatoms. The van der Waals surface area contributed by atoms with Gasteiger partial charge in [0.25, 0.3) is 0 Å². The van der Waals surface area contributed by atoms with Crippen LogP contribution in [0.3, 0.4) is 0 Å². The molecule has 0 radical (unpaired) electrons. The Hall–Kier alpha value is -2.11. The van der Waals surface area contributed by atoms with Crippen molar-refractivity contribution < 1.29 is 18.7 Å². The van der Waals surface area contributed by atoms with Gasteiger partial charge >= 0.3 is 0 Å². The van der Waals surface area contributed by atoms with Gasteiger partial charge in [-0.25, -0.2) is 4.39 Å². The third-order valence-corrected chi connectivity index (χ3v) is 3.05. The predicted octanol–water partition coefficient (Wildman–Crippen LogP) is 2.50. The van der Waals surface area contributed by atoms with E-state index in [1.807, 2.05) is 0 Å². The van der Waals surface area contributed by atoms with Crippen molar-refractivity contribution >= 4 is 5.78 Å². The molecule has 4 nitrogen and oxygen atoms in total. The number of hydrogen-bond donors (Lipinski definition) is 0. The molecule has 0 aliphatic carbocycles. The van der Waals surface area contributed by atoms with Crippen LogP contribution in [0.5, 0.6) is 0 Å². The number of ether oxygens (including phenoxy) is 2. The quantitative estimate of drug-likeness (QED) is 0.806. The van der Waals surface area contributed by atoms with Gasteiger partial charge in [-0.1, -0.05) is 12.1 Å². The summed E-state index contributed by atoms with van der Waals surface area (Å²) in [4.78, 5) is 16.6. The average Bonchev–Trinajstić information content (AvgIpc) is 3.01. The number of pyridine rings is 1. The molecular weight excluding hydrogens is 261 g/mol. The van der Waals surface area contributed by atoms with Gasteiger partial charge in [-0.3, -0.25) is 9.78 Å². The lowest BCUT2D eigenvalue weighted by atomic mass is 10.0. The van der Waals surface area contributed by atoms with Crippen LogP contribution in [0.2, 0.25) is 0 Å². The summed E-state index contributed by atoms with van der Waals surface area (Å²) < 4.78 is 24.5. The van der Waals surface area contributed by atoms with Crippen LogP contribution in [0.4, 0.5) is 4.39 Å². The van der Waals surface area contributed by atoms with E-state index < -0.39 is 17.9 Å². The van der Waals surface area contributed by atoms with Crippen LogP contribution in [-0.4, -0.2) is 24.0 Å². The molecule has 0 unspecified atom stereocenters. The molecule has 0 spiro atoms. The van der Waals surface area contributed by atoms with Crippen molar-refractivity contribution in [3.05, 3.63) is 65.2 Å². The van der Waals surface area contributed by atoms with Gasteiger partial charge in [0, 0.05) is 11.8 Å². The lowest BCUT2D eigenvalue weighted by Crippen LogP contribution is -2.12. The normalized spacial score (nSPS) is 15.4. The van der Waals surface area contributed by atoms with Gasteiger partial charge in [0.05, 0.1) is 18.8 Å². The highest BCUT2D eigenvalue weighted by Crippen LogP contribution is 2.26. The Morgan fingerprint density at radius 1 is 1.10 bits per heavy atom. The van der Waals surface area contributed by atoms with Crippen LogP contribution in [0.1, 0.15) is 27.9 Å². The van der Waals surface area contributed by atoms with Gasteiger partial charge in [-0.05, 0) is 24.3 Å². The van der Waals surface area contributed by atoms with E-state index in [4.69, 9.17) is 9.47 Å². The first-order valence-electron chi connectivity index (χ1n) is 6.25. The van der Waals surface area contributed by atoms with E-state index in [9.17, 15) is 9.18 Å². The minimum absolute atomic E-state index is 0.0137. The number of halogens is 1. The smallest absolute Gasteiger partial charge is 0.201 e. The molecule has 102 valence electrons. The van der Waals surface area contributed by atoms with E-state index in [2.05, 4.69) is 4.98 Å². The molecule has 0 saturated carbocycles. The summed E-state index contributed by atoms with van der Waals surface area (Å²) >= 11 is 0. The second-order valence-corrected chi connectivity index (χ2v) is 4.32. The Kier molecular flexibility index (Phi) is 3.54. The molecule has 2 aromatic rings. The molecule has 20 heavy (non-hydrogen) atoms. The highest BCUT2D eigenvalue weighted by atomic mass is 19.1. The van der Waals surface area contributed by atoms with Crippen molar-refractivity contribution in [3.8, 4) is 0 Å². The topological polar surface area (TPSA) is 48.4 Å². The molecule has 1 aromatic heterocycles. The minimum atomic E-state index is -0.665. The molecule has 1 fully saturated rings. The van der Waals surface area contributed by atoms with E-state index in [0.717, 1.165) is 0 Å². The molecule has 0 bridgehead atoms. The van der Waals surface area contributed by atoms with Crippen molar-refractivity contribution in [2.75, 3.05) is 13.2 Å². The van der Waals surface area contributed by atoms with E-state index in [-0.39, 0.29) is 5.56 Å². The first-order chi connectivity index (χ1) is 9.77. The number of rotatable bonds is 3. The number of hydrogen-bond acceptors (Lipinski definition) is 4. The van der Waals surface area contributed by atoms with Crippen LogP contribution in [0.15, 0.2) is 42.6 Å². The zero-order chi connectivity index (χ0) is 13.9. The van der Waals surface area contributed by atoms with Crippen molar-refractivity contribution in [3.63, 3.8) is 0 Å². The molecular formula is C15H12FNO3. The van der Waals surface area contributed by atoms with Gasteiger partial charge in [0.15, 0.2) is 5.78 Å². The lowest BCUT2D eigenvalue weighted by molar-refractivity contribution is -0.0476. The van der Waals surface area contributed by atoms with E-state index in [1.165, 1.54) is 12.1 Å². The second-order valence-electron chi connectivity index (χ2n) is 4.32. The van der Waals surface area contributed by atoms with Crippen LogP contribution >= 0.6 is 0 Å². The molecule has 1 aliphatic rings. The van der Waals surface area contributed by atoms with Crippen molar-refractivity contribution in [2.45, 2.75) is 6.29 Å². The Balaban J connectivity index is 2.02. The highest BCUT2D eigenvalue weighted by Gasteiger charge is 2.26. The Labute approximate surface area is 115 Å². The average molecular weight is 273 g/mol. The van der Waals surface area contributed by atoms with E-state index in [1.54, 1.807) is 30.5 Å².